The monoisotopic (exact) mass is 299 g/mol. The van der Waals surface area contributed by atoms with Gasteiger partial charge in [0.05, 0.1) is 0 Å². The SMILES string of the molecule is Cc1nnc(N2CCC(Cc3ccccc3)CC2)n(N)c1=O. The molecule has 3 rings (SSSR count). The summed E-state index contributed by atoms with van der Waals surface area (Å²) in [6.45, 7) is 3.33. The fourth-order valence-corrected chi connectivity index (χ4v) is 2.98. The van der Waals surface area contributed by atoms with Crippen LogP contribution in [-0.2, 0) is 6.42 Å². The maximum Gasteiger partial charge on any atom is 0.295 e. The number of rotatable bonds is 3. The van der Waals surface area contributed by atoms with E-state index in [1.807, 2.05) is 6.07 Å². The molecule has 1 saturated heterocycles. The van der Waals surface area contributed by atoms with Crippen molar-refractivity contribution >= 4 is 5.95 Å². The van der Waals surface area contributed by atoms with Crippen LogP contribution in [0.15, 0.2) is 35.1 Å². The van der Waals surface area contributed by atoms with Crippen LogP contribution in [0.2, 0.25) is 0 Å². The largest absolute Gasteiger partial charge is 0.339 e. The molecule has 22 heavy (non-hydrogen) atoms. The average Bonchev–Trinajstić information content (AvgIpc) is 2.55. The lowest BCUT2D eigenvalue weighted by molar-refractivity contribution is 0.397. The van der Waals surface area contributed by atoms with Crippen molar-refractivity contribution in [3.8, 4) is 0 Å². The highest BCUT2D eigenvalue weighted by Crippen LogP contribution is 2.23. The second-order valence-corrected chi connectivity index (χ2v) is 5.88. The Balaban J connectivity index is 1.65. The first-order chi connectivity index (χ1) is 10.6. The topological polar surface area (TPSA) is 77.0 Å². The smallest absolute Gasteiger partial charge is 0.295 e. The number of aromatic nitrogens is 3. The summed E-state index contributed by atoms with van der Waals surface area (Å²) < 4.78 is 1.11. The molecule has 0 amide bonds. The molecule has 0 unspecified atom stereocenters. The van der Waals surface area contributed by atoms with Crippen molar-refractivity contribution in [1.29, 1.82) is 0 Å². The van der Waals surface area contributed by atoms with Gasteiger partial charge in [0, 0.05) is 13.1 Å². The Bertz CT molecular complexity index is 689. The Hall–Kier alpha value is -2.37. The summed E-state index contributed by atoms with van der Waals surface area (Å²) in [4.78, 5) is 13.9. The van der Waals surface area contributed by atoms with E-state index in [9.17, 15) is 4.79 Å². The molecule has 1 aromatic heterocycles. The third-order valence-corrected chi connectivity index (χ3v) is 4.30. The Labute approximate surface area is 129 Å². The predicted octanol–water partition coefficient (Wildman–Crippen LogP) is 1.12. The molecule has 0 aliphatic carbocycles. The second kappa shape index (κ2) is 6.17. The molecule has 0 spiro atoms. The molecule has 0 bridgehead atoms. The van der Waals surface area contributed by atoms with E-state index >= 15 is 0 Å². The van der Waals surface area contributed by atoms with Gasteiger partial charge in [0.15, 0.2) is 0 Å². The molecule has 0 atom stereocenters. The molecule has 1 aromatic carbocycles. The van der Waals surface area contributed by atoms with Gasteiger partial charge in [-0.1, -0.05) is 30.3 Å². The lowest BCUT2D eigenvalue weighted by Crippen LogP contribution is -2.42. The van der Waals surface area contributed by atoms with Crippen molar-refractivity contribution in [3.63, 3.8) is 0 Å². The minimum atomic E-state index is -0.281. The number of anilines is 1. The number of piperidine rings is 1. The zero-order valence-electron chi connectivity index (χ0n) is 12.8. The zero-order chi connectivity index (χ0) is 15.5. The van der Waals surface area contributed by atoms with E-state index in [0.717, 1.165) is 37.0 Å². The molecule has 6 heteroatoms. The summed E-state index contributed by atoms with van der Waals surface area (Å²) in [6, 6.07) is 10.6. The van der Waals surface area contributed by atoms with Crippen molar-refractivity contribution in [2.24, 2.45) is 5.92 Å². The van der Waals surface area contributed by atoms with E-state index in [1.165, 1.54) is 5.56 Å². The van der Waals surface area contributed by atoms with Crippen LogP contribution in [0, 0.1) is 12.8 Å². The van der Waals surface area contributed by atoms with Gasteiger partial charge in [0.2, 0.25) is 5.95 Å². The van der Waals surface area contributed by atoms with Crippen LogP contribution in [0.5, 0.6) is 0 Å². The van der Waals surface area contributed by atoms with Gasteiger partial charge in [-0.05, 0) is 37.7 Å². The van der Waals surface area contributed by atoms with E-state index < -0.39 is 0 Å². The number of nitrogens with two attached hydrogens (primary N) is 1. The normalized spacial score (nSPS) is 16.0. The van der Waals surface area contributed by atoms with Gasteiger partial charge in [-0.2, -0.15) is 4.68 Å². The maximum absolute atomic E-state index is 11.8. The number of nitrogens with zero attached hydrogens (tertiary/aromatic N) is 4. The molecule has 2 N–H and O–H groups in total. The Morgan fingerprint density at radius 1 is 1.18 bits per heavy atom. The maximum atomic E-state index is 11.8. The van der Waals surface area contributed by atoms with Crippen LogP contribution < -0.4 is 16.3 Å². The van der Waals surface area contributed by atoms with Crippen molar-refractivity contribution < 1.29 is 0 Å². The van der Waals surface area contributed by atoms with E-state index in [2.05, 4.69) is 39.4 Å². The molecular formula is C16H21N5O. The molecule has 1 aliphatic rings. The van der Waals surface area contributed by atoms with Crippen LogP contribution in [0.4, 0.5) is 5.95 Å². The Morgan fingerprint density at radius 3 is 2.55 bits per heavy atom. The van der Waals surface area contributed by atoms with Crippen molar-refractivity contribution in [2.45, 2.75) is 26.2 Å². The molecule has 1 aliphatic heterocycles. The molecule has 116 valence electrons. The van der Waals surface area contributed by atoms with E-state index in [4.69, 9.17) is 5.84 Å². The summed E-state index contributed by atoms with van der Waals surface area (Å²) >= 11 is 0. The first-order valence-electron chi connectivity index (χ1n) is 7.65. The van der Waals surface area contributed by atoms with Crippen molar-refractivity contribution in [1.82, 2.24) is 14.9 Å². The second-order valence-electron chi connectivity index (χ2n) is 5.88. The van der Waals surface area contributed by atoms with Gasteiger partial charge in [-0.25, -0.2) is 0 Å². The van der Waals surface area contributed by atoms with Crippen LogP contribution in [-0.4, -0.2) is 28.0 Å². The number of nitrogen functional groups attached to an aromatic ring is 1. The number of hydrogen-bond acceptors (Lipinski definition) is 5. The highest BCUT2D eigenvalue weighted by atomic mass is 16.1. The minimum Gasteiger partial charge on any atom is -0.339 e. The lowest BCUT2D eigenvalue weighted by Gasteiger charge is -2.32. The van der Waals surface area contributed by atoms with E-state index in [-0.39, 0.29) is 5.56 Å². The van der Waals surface area contributed by atoms with Gasteiger partial charge in [0.1, 0.15) is 5.69 Å². The first-order valence-corrected chi connectivity index (χ1v) is 7.65. The summed E-state index contributed by atoms with van der Waals surface area (Å²) in [5.74, 6) is 6.96. The quantitative estimate of drug-likeness (QED) is 0.859. The van der Waals surface area contributed by atoms with Crippen molar-refractivity contribution in [3.05, 3.63) is 51.9 Å². The van der Waals surface area contributed by atoms with Gasteiger partial charge < -0.3 is 10.7 Å². The lowest BCUT2D eigenvalue weighted by atomic mass is 9.90. The first kappa shape index (κ1) is 14.6. The summed E-state index contributed by atoms with van der Waals surface area (Å²) in [5.41, 5.74) is 1.42. The van der Waals surface area contributed by atoms with Crippen LogP contribution in [0.1, 0.15) is 24.1 Å². The van der Waals surface area contributed by atoms with Gasteiger partial charge >= 0.3 is 0 Å². The summed E-state index contributed by atoms with van der Waals surface area (Å²) in [5, 5.41) is 7.98. The van der Waals surface area contributed by atoms with Crippen LogP contribution in [0.3, 0.4) is 0 Å². The van der Waals surface area contributed by atoms with E-state index in [0.29, 0.717) is 17.6 Å². The average molecular weight is 299 g/mol. The molecule has 0 saturated carbocycles. The third kappa shape index (κ3) is 2.95. The molecule has 2 heterocycles. The fourth-order valence-electron chi connectivity index (χ4n) is 2.98. The molecule has 0 radical (unpaired) electrons. The Morgan fingerprint density at radius 2 is 1.86 bits per heavy atom. The third-order valence-electron chi connectivity index (χ3n) is 4.30. The zero-order valence-corrected chi connectivity index (χ0v) is 12.8. The molecule has 2 aromatic rings. The Kier molecular flexibility index (Phi) is 4.09. The standard InChI is InChI=1S/C16H21N5O/c1-12-15(22)21(17)16(19-18-12)20-9-7-14(8-10-20)11-13-5-3-2-4-6-13/h2-6,14H,7-11,17H2,1H3. The number of aryl methyl sites for hydroxylation is 1. The highest BCUT2D eigenvalue weighted by Gasteiger charge is 2.23. The molecular weight excluding hydrogens is 278 g/mol. The number of hydrogen-bond donors (Lipinski definition) is 1. The van der Waals surface area contributed by atoms with Crippen LogP contribution in [0.25, 0.3) is 0 Å². The summed E-state index contributed by atoms with van der Waals surface area (Å²) in [7, 11) is 0. The number of benzene rings is 1. The van der Waals surface area contributed by atoms with Gasteiger partial charge in [0.25, 0.3) is 5.56 Å². The molecule has 6 nitrogen and oxygen atoms in total. The highest BCUT2D eigenvalue weighted by molar-refractivity contribution is 5.30. The van der Waals surface area contributed by atoms with Crippen molar-refractivity contribution in [2.75, 3.05) is 23.8 Å². The van der Waals surface area contributed by atoms with Crippen LogP contribution >= 0.6 is 0 Å². The predicted molar refractivity (Wildman–Crippen MR) is 86.3 cm³/mol. The minimum absolute atomic E-state index is 0.281. The van der Waals surface area contributed by atoms with E-state index in [1.54, 1.807) is 6.92 Å². The van der Waals surface area contributed by atoms with Gasteiger partial charge in [-0.15, -0.1) is 10.2 Å². The fraction of sp³-hybridized carbons (Fsp3) is 0.438. The summed E-state index contributed by atoms with van der Waals surface area (Å²) in [6.07, 6.45) is 3.24. The van der Waals surface area contributed by atoms with Gasteiger partial charge in [-0.3, -0.25) is 4.79 Å². The molecule has 1 fully saturated rings.